The van der Waals surface area contributed by atoms with Gasteiger partial charge in [0.15, 0.2) is 0 Å². The molecule has 0 saturated carbocycles. The molecule has 1 aliphatic heterocycles. The molecule has 5 nitrogen and oxygen atoms in total. The van der Waals surface area contributed by atoms with E-state index in [9.17, 15) is 4.79 Å². The third-order valence-corrected chi connectivity index (χ3v) is 3.41. The van der Waals surface area contributed by atoms with Crippen LogP contribution in [0.2, 0.25) is 0 Å². The monoisotopic (exact) mass is 262 g/mol. The highest BCUT2D eigenvalue weighted by molar-refractivity contribution is 7.15. The Kier molecular flexibility index (Phi) is 5.11. The SMILES string of the molecule is CCc1nnc(NC(=O)C2CCNC2)s1.Cl. The molecule has 2 rings (SSSR count). The van der Waals surface area contributed by atoms with E-state index in [1.54, 1.807) is 0 Å². The summed E-state index contributed by atoms with van der Waals surface area (Å²) in [5, 5.41) is 15.4. The second kappa shape index (κ2) is 6.12. The smallest absolute Gasteiger partial charge is 0.230 e. The third-order valence-electron chi connectivity index (χ3n) is 2.43. The van der Waals surface area contributed by atoms with E-state index in [0.717, 1.165) is 30.9 Å². The molecule has 16 heavy (non-hydrogen) atoms. The van der Waals surface area contributed by atoms with Gasteiger partial charge in [0.2, 0.25) is 11.0 Å². The topological polar surface area (TPSA) is 66.9 Å². The summed E-state index contributed by atoms with van der Waals surface area (Å²) in [7, 11) is 0. The lowest BCUT2D eigenvalue weighted by Gasteiger charge is -2.05. The van der Waals surface area contributed by atoms with Crippen LogP contribution in [0, 0.1) is 5.92 Å². The number of aromatic nitrogens is 2. The van der Waals surface area contributed by atoms with Crippen molar-refractivity contribution in [2.75, 3.05) is 18.4 Å². The first kappa shape index (κ1) is 13.3. The minimum Gasteiger partial charge on any atom is -0.316 e. The van der Waals surface area contributed by atoms with Crippen molar-refractivity contribution in [3.8, 4) is 0 Å². The van der Waals surface area contributed by atoms with Crippen LogP contribution in [-0.4, -0.2) is 29.2 Å². The van der Waals surface area contributed by atoms with Gasteiger partial charge in [-0.05, 0) is 19.4 Å². The normalized spacial score (nSPS) is 19.2. The first-order valence-corrected chi connectivity index (χ1v) is 5.95. The van der Waals surface area contributed by atoms with Crippen molar-refractivity contribution in [2.45, 2.75) is 19.8 Å². The summed E-state index contributed by atoms with van der Waals surface area (Å²) < 4.78 is 0. The average molecular weight is 263 g/mol. The fourth-order valence-corrected chi connectivity index (χ4v) is 2.22. The van der Waals surface area contributed by atoms with Gasteiger partial charge in [-0.3, -0.25) is 4.79 Å². The summed E-state index contributed by atoms with van der Waals surface area (Å²) in [6.45, 7) is 3.71. The molecular formula is C9H15ClN4OS. The standard InChI is InChI=1S/C9H14N4OS.ClH/c1-2-7-12-13-9(15-7)11-8(14)6-3-4-10-5-6;/h6,10H,2-5H2,1H3,(H,11,13,14);1H. The molecule has 0 radical (unpaired) electrons. The van der Waals surface area contributed by atoms with Gasteiger partial charge in [0.1, 0.15) is 5.01 Å². The lowest BCUT2D eigenvalue weighted by Crippen LogP contribution is -2.24. The zero-order chi connectivity index (χ0) is 10.7. The molecule has 1 unspecified atom stereocenters. The number of rotatable bonds is 3. The molecular weight excluding hydrogens is 248 g/mol. The fraction of sp³-hybridized carbons (Fsp3) is 0.667. The Bertz CT molecular complexity index is 351. The second-order valence-electron chi connectivity index (χ2n) is 3.53. The molecule has 2 heterocycles. The number of aryl methyl sites for hydroxylation is 1. The summed E-state index contributed by atoms with van der Waals surface area (Å²) in [6.07, 6.45) is 1.77. The van der Waals surface area contributed by atoms with Crippen molar-refractivity contribution >= 4 is 34.8 Å². The summed E-state index contributed by atoms with van der Waals surface area (Å²) >= 11 is 1.45. The molecule has 1 aromatic heterocycles. The molecule has 7 heteroatoms. The fourth-order valence-electron chi connectivity index (χ4n) is 1.53. The van der Waals surface area contributed by atoms with E-state index in [2.05, 4.69) is 20.8 Å². The largest absolute Gasteiger partial charge is 0.316 e. The highest BCUT2D eigenvalue weighted by Crippen LogP contribution is 2.17. The third kappa shape index (κ3) is 3.13. The second-order valence-corrected chi connectivity index (χ2v) is 4.60. The van der Waals surface area contributed by atoms with Gasteiger partial charge in [-0.2, -0.15) is 0 Å². The summed E-state index contributed by atoms with van der Waals surface area (Å²) in [5.74, 6) is 0.137. The predicted octanol–water partition coefficient (Wildman–Crippen LogP) is 1.07. The zero-order valence-corrected chi connectivity index (χ0v) is 10.7. The van der Waals surface area contributed by atoms with Gasteiger partial charge in [0, 0.05) is 6.54 Å². The Labute approximate surface area is 104 Å². The van der Waals surface area contributed by atoms with Crippen LogP contribution < -0.4 is 10.6 Å². The van der Waals surface area contributed by atoms with Gasteiger partial charge in [0.25, 0.3) is 0 Å². The average Bonchev–Trinajstić information content (AvgIpc) is 2.87. The molecule has 1 aromatic rings. The van der Waals surface area contributed by atoms with E-state index in [1.165, 1.54) is 11.3 Å². The highest BCUT2D eigenvalue weighted by Gasteiger charge is 2.23. The van der Waals surface area contributed by atoms with Gasteiger partial charge in [-0.15, -0.1) is 22.6 Å². The molecule has 0 aliphatic carbocycles. The minimum absolute atomic E-state index is 0. The van der Waals surface area contributed by atoms with Crippen LogP contribution in [0.5, 0.6) is 0 Å². The summed E-state index contributed by atoms with van der Waals surface area (Å²) in [6, 6.07) is 0. The number of carbonyl (C=O) groups is 1. The Morgan fingerprint density at radius 3 is 3.00 bits per heavy atom. The van der Waals surface area contributed by atoms with E-state index >= 15 is 0 Å². The number of amides is 1. The van der Waals surface area contributed by atoms with E-state index in [-0.39, 0.29) is 24.2 Å². The molecule has 90 valence electrons. The maximum absolute atomic E-state index is 11.7. The van der Waals surface area contributed by atoms with Crippen LogP contribution in [0.4, 0.5) is 5.13 Å². The minimum atomic E-state index is 0. The Morgan fingerprint density at radius 2 is 2.44 bits per heavy atom. The first-order chi connectivity index (χ1) is 7.29. The van der Waals surface area contributed by atoms with Crippen molar-refractivity contribution in [3.63, 3.8) is 0 Å². The highest BCUT2D eigenvalue weighted by atomic mass is 35.5. The maximum atomic E-state index is 11.7. The van der Waals surface area contributed by atoms with Gasteiger partial charge in [-0.1, -0.05) is 18.3 Å². The van der Waals surface area contributed by atoms with Crippen molar-refractivity contribution < 1.29 is 4.79 Å². The molecule has 0 spiro atoms. The van der Waals surface area contributed by atoms with Crippen molar-refractivity contribution in [2.24, 2.45) is 5.92 Å². The van der Waals surface area contributed by atoms with E-state index in [1.807, 2.05) is 6.92 Å². The molecule has 0 bridgehead atoms. The van der Waals surface area contributed by atoms with Crippen LogP contribution in [0.1, 0.15) is 18.4 Å². The summed E-state index contributed by atoms with van der Waals surface area (Å²) in [4.78, 5) is 11.7. The van der Waals surface area contributed by atoms with Crippen LogP contribution in [0.25, 0.3) is 0 Å². The van der Waals surface area contributed by atoms with Gasteiger partial charge < -0.3 is 10.6 Å². The van der Waals surface area contributed by atoms with Gasteiger partial charge in [0.05, 0.1) is 5.92 Å². The Balaban J connectivity index is 0.00000128. The number of anilines is 1. The number of carbonyl (C=O) groups excluding carboxylic acids is 1. The molecule has 1 fully saturated rings. The number of halogens is 1. The van der Waals surface area contributed by atoms with E-state index in [4.69, 9.17) is 0 Å². The van der Waals surface area contributed by atoms with Crippen molar-refractivity contribution in [1.29, 1.82) is 0 Å². The molecule has 0 aromatic carbocycles. The van der Waals surface area contributed by atoms with Crippen LogP contribution in [0.15, 0.2) is 0 Å². The number of hydrogen-bond acceptors (Lipinski definition) is 5. The number of nitrogens with one attached hydrogen (secondary N) is 2. The van der Waals surface area contributed by atoms with E-state index < -0.39 is 0 Å². The number of hydrogen-bond donors (Lipinski definition) is 2. The molecule has 1 amide bonds. The first-order valence-electron chi connectivity index (χ1n) is 5.13. The van der Waals surface area contributed by atoms with Crippen molar-refractivity contribution in [1.82, 2.24) is 15.5 Å². The Morgan fingerprint density at radius 1 is 1.62 bits per heavy atom. The predicted molar refractivity (Wildman–Crippen MR) is 66.1 cm³/mol. The maximum Gasteiger partial charge on any atom is 0.230 e. The van der Waals surface area contributed by atoms with Gasteiger partial charge in [-0.25, -0.2) is 0 Å². The summed E-state index contributed by atoms with van der Waals surface area (Å²) in [5.41, 5.74) is 0. The van der Waals surface area contributed by atoms with Gasteiger partial charge >= 0.3 is 0 Å². The quantitative estimate of drug-likeness (QED) is 0.855. The Hall–Kier alpha value is -0.720. The number of nitrogens with zero attached hydrogens (tertiary/aromatic N) is 2. The van der Waals surface area contributed by atoms with Crippen LogP contribution >= 0.6 is 23.7 Å². The molecule has 2 N–H and O–H groups in total. The lowest BCUT2D eigenvalue weighted by atomic mass is 10.1. The van der Waals surface area contributed by atoms with Crippen molar-refractivity contribution in [3.05, 3.63) is 5.01 Å². The van der Waals surface area contributed by atoms with Crippen LogP contribution in [0.3, 0.4) is 0 Å². The zero-order valence-electron chi connectivity index (χ0n) is 9.02. The molecule has 1 saturated heterocycles. The van der Waals surface area contributed by atoms with Crippen LogP contribution in [-0.2, 0) is 11.2 Å². The molecule has 1 aliphatic rings. The molecule has 1 atom stereocenters. The lowest BCUT2D eigenvalue weighted by molar-refractivity contribution is -0.119. The van der Waals surface area contributed by atoms with E-state index in [0.29, 0.717) is 5.13 Å².